The maximum absolute atomic E-state index is 11.7. The Morgan fingerprint density at radius 2 is 2.00 bits per heavy atom. The quantitative estimate of drug-likeness (QED) is 0.564. The number of nitrogens with one attached hydrogen (secondary N) is 2. The van der Waals surface area contributed by atoms with Crippen molar-refractivity contribution in [3.8, 4) is 0 Å². The molecule has 0 radical (unpaired) electrons. The topological polar surface area (TPSA) is 102 Å². The Bertz CT molecular complexity index is 598. The van der Waals surface area contributed by atoms with E-state index in [1.807, 2.05) is 0 Å². The lowest BCUT2D eigenvalue weighted by Crippen LogP contribution is -2.25. The summed E-state index contributed by atoms with van der Waals surface area (Å²) in [6, 6.07) is 5.51. The number of hydrogen-bond donors (Lipinski definition) is 2. The van der Waals surface area contributed by atoms with Crippen LogP contribution in [0, 0.1) is 0 Å². The second-order valence-electron chi connectivity index (χ2n) is 3.85. The highest BCUT2D eigenvalue weighted by atomic mass is 32.2. The largest absolute Gasteiger partial charge is 0.460 e. The number of esters is 1. The van der Waals surface area contributed by atoms with Gasteiger partial charge in [-0.05, 0) is 25.2 Å². The van der Waals surface area contributed by atoms with Crippen LogP contribution in [-0.2, 0) is 19.6 Å². The van der Waals surface area contributed by atoms with Crippen molar-refractivity contribution in [2.24, 2.45) is 0 Å². The molecule has 0 aliphatic carbocycles. The van der Waals surface area contributed by atoms with Crippen molar-refractivity contribution in [1.82, 2.24) is 10.0 Å². The molecule has 0 aromatic heterocycles. The van der Waals surface area contributed by atoms with Crippen molar-refractivity contribution in [3.63, 3.8) is 0 Å². The summed E-state index contributed by atoms with van der Waals surface area (Å²) in [5.41, 5.74) is 0.129. The maximum atomic E-state index is 11.7. The van der Waals surface area contributed by atoms with Gasteiger partial charge in [0.15, 0.2) is 0 Å². The van der Waals surface area contributed by atoms with Crippen LogP contribution in [0.3, 0.4) is 0 Å². The average Bonchev–Trinajstić information content (AvgIpc) is 2.43. The predicted octanol–water partition coefficient (Wildman–Crippen LogP) is -0.112. The SMILES string of the molecule is CNS(=O)(=O)c1cccc(C(=O)OCCNC(C)=O)c1. The highest BCUT2D eigenvalue weighted by molar-refractivity contribution is 7.89. The molecule has 1 aromatic rings. The molecule has 110 valence electrons. The second kappa shape index (κ2) is 7.01. The van der Waals surface area contributed by atoms with Crippen LogP contribution in [0.2, 0.25) is 0 Å². The van der Waals surface area contributed by atoms with Crippen molar-refractivity contribution >= 4 is 21.9 Å². The number of carbonyl (C=O) groups excluding carboxylic acids is 2. The van der Waals surface area contributed by atoms with E-state index in [2.05, 4.69) is 10.0 Å². The van der Waals surface area contributed by atoms with E-state index in [1.54, 1.807) is 0 Å². The number of hydrogen-bond acceptors (Lipinski definition) is 5. The second-order valence-corrected chi connectivity index (χ2v) is 5.74. The Labute approximate surface area is 117 Å². The van der Waals surface area contributed by atoms with Crippen LogP contribution in [0.1, 0.15) is 17.3 Å². The molecular weight excluding hydrogens is 284 g/mol. The van der Waals surface area contributed by atoms with Gasteiger partial charge in [-0.25, -0.2) is 17.9 Å². The number of sulfonamides is 1. The first-order valence-corrected chi connectivity index (χ1v) is 7.30. The molecule has 0 saturated carbocycles. The zero-order chi connectivity index (χ0) is 15.2. The minimum absolute atomic E-state index is 0.0153. The highest BCUT2D eigenvalue weighted by Crippen LogP contribution is 2.11. The zero-order valence-electron chi connectivity index (χ0n) is 11.2. The summed E-state index contributed by atoms with van der Waals surface area (Å²) in [5, 5.41) is 2.48. The van der Waals surface area contributed by atoms with Gasteiger partial charge in [0.25, 0.3) is 0 Å². The summed E-state index contributed by atoms with van der Waals surface area (Å²) in [4.78, 5) is 22.3. The van der Waals surface area contributed by atoms with Crippen LogP contribution in [0.15, 0.2) is 29.2 Å². The molecule has 0 bridgehead atoms. The van der Waals surface area contributed by atoms with Crippen LogP contribution >= 0.6 is 0 Å². The molecule has 1 amide bonds. The molecule has 0 saturated heterocycles. The Kier molecular flexibility index (Phi) is 5.66. The van der Waals surface area contributed by atoms with Crippen LogP contribution in [0.4, 0.5) is 0 Å². The molecule has 0 fully saturated rings. The van der Waals surface area contributed by atoms with Crippen LogP contribution in [0.5, 0.6) is 0 Å². The summed E-state index contributed by atoms with van der Waals surface area (Å²) in [6.45, 7) is 1.57. The molecule has 20 heavy (non-hydrogen) atoms. The van der Waals surface area contributed by atoms with Crippen LogP contribution in [0.25, 0.3) is 0 Å². The molecule has 1 aromatic carbocycles. The van der Waals surface area contributed by atoms with Gasteiger partial charge < -0.3 is 10.1 Å². The third-order valence-corrected chi connectivity index (χ3v) is 3.77. The van der Waals surface area contributed by atoms with Gasteiger partial charge in [-0.1, -0.05) is 6.07 Å². The Hall–Kier alpha value is -1.93. The molecule has 0 aliphatic rings. The predicted molar refractivity (Wildman–Crippen MR) is 71.7 cm³/mol. The number of amides is 1. The summed E-state index contributed by atoms with van der Waals surface area (Å²) in [6.07, 6.45) is 0. The standard InChI is InChI=1S/C12H16N2O5S/c1-9(15)14-6-7-19-12(16)10-4-3-5-11(8-10)20(17,18)13-2/h3-5,8,13H,6-7H2,1-2H3,(H,14,15). The molecule has 0 heterocycles. The molecule has 2 N–H and O–H groups in total. The lowest BCUT2D eigenvalue weighted by Gasteiger charge is -2.07. The minimum Gasteiger partial charge on any atom is -0.460 e. The lowest BCUT2D eigenvalue weighted by atomic mass is 10.2. The third-order valence-electron chi connectivity index (χ3n) is 2.36. The molecule has 0 aliphatic heterocycles. The first-order chi connectivity index (χ1) is 9.36. The van der Waals surface area contributed by atoms with Crippen LogP contribution in [-0.4, -0.2) is 40.5 Å². The first kappa shape index (κ1) is 16.1. The average molecular weight is 300 g/mol. The summed E-state index contributed by atoms with van der Waals surface area (Å²) in [5.74, 6) is -0.869. The summed E-state index contributed by atoms with van der Waals surface area (Å²) in [7, 11) is -2.32. The Morgan fingerprint density at radius 1 is 1.30 bits per heavy atom. The number of rotatable bonds is 6. The maximum Gasteiger partial charge on any atom is 0.338 e. The normalized spacial score (nSPS) is 10.9. The Morgan fingerprint density at radius 3 is 2.60 bits per heavy atom. The van der Waals surface area contributed by atoms with Crippen molar-refractivity contribution in [1.29, 1.82) is 0 Å². The fourth-order valence-corrected chi connectivity index (χ4v) is 2.14. The highest BCUT2D eigenvalue weighted by Gasteiger charge is 2.14. The zero-order valence-corrected chi connectivity index (χ0v) is 12.0. The molecular formula is C12H16N2O5S. The fourth-order valence-electron chi connectivity index (χ4n) is 1.36. The van der Waals surface area contributed by atoms with Gasteiger partial charge >= 0.3 is 5.97 Å². The van der Waals surface area contributed by atoms with Crippen molar-refractivity contribution in [2.75, 3.05) is 20.2 Å². The first-order valence-electron chi connectivity index (χ1n) is 5.82. The van der Waals surface area contributed by atoms with E-state index in [4.69, 9.17) is 4.74 Å². The van der Waals surface area contributed by atoms with Gasteiger partial charge in [0.05, 0.1) is 17.0 Å². The van der Waals surface area contributed by atoms with Gasteiger partial charge in [-0.2, -0.15) is 0 Å². The third kappa shape index (κ3) is 4.63. The van der Waals surface area contributed by atoms with Gasteiger partial charge in [-0.15, -0.1) is 0 Å². The minimum atomic E-state index is -3.61. The van der Waals surface area contributed by atoms with E-state index in [0.29, 0.717) is 0 Å². The van der Waals surface area contributed by atoms with Gasteiger partial charge in [0.1, 0.15) is 6.61 Å². The number of carbonyl (C=O) groups is 2. The van der Waals surface area contributed by atoms with E-state index >= 15 is 0 Å². The molecule has 1 rings (SSSR count). The molecule has 8 heteroatoms. The lowest BCUT2D eigenvalue weighted by molar-refractivity contribution is -0.119. The van der Waals surface area contributed by atoms with Gasteiger partial charge in [-0.3, -0.25) is 4.79 Å². The fraction of sp³-hybridized carbons (Fsp3) is 0.333. The molecule has 0 spiro atoms. The van der Waals surface area contributed by atoms with Crippen molar-refractivity contribution in [3.05, 3.63) is 29.8 Å². The summed E-state index contributed by atoms with van der Waals surface area (Å²) < 4.78 is 30.3. The van der Waals surface area contributed by atoms with Gasteiger partial charge in [0, 0.05) is 6.92 Å². The summed E-state index contributed by atoms with van der Waals surface area (Å²) >= 11 is 0. The van der Waals surface area contributed by atoms with Crippen LogP contribution < -0.4 is 10.0 Å². The number of ether oxygens (including phenoxy) is 1. The molecule has 0 unspecified atom stereocenters. The van der Waals surface area contributed by atoms with E-state index in [0.717, 1.165) is 0 Å². The molecule has 7 nitrogen and oxygen atoms in total. The van der Waals surface area contributed by atoms with E-state index in [9.17, 15) is 18.0 Å². The Balaban J connectivity index is 2.70. The van der Waals surface area contributed by atoms with Crippen molar-refractivity contribution < 1.29 is 22.7 Å². The van der Waals surface area contributed by atoms with E-state index in [-0.39, 0.29) is 29.5 Å². The van der Waals surface area contributed by atoms with E-state index in [1.165, 1.54) is 38.2 Å². The monoisotopic (exact) mass is 300 g/mol. The number of benzene rings is 1. The van der Waals surface area contributed by atoms with Crippen molar-refractivity contribution in [2.45, 2.75) is 11.8 Å². The smallest absolute Gasteiger partial charge is 0.338 e. The van der Waals surface area contributed by atoms with E-state index < -0.39 is 16.0 Å². The molecule has 0 atom stereocenters. The van der Waals surface area contributed by atoms with Gasteiger partial charge in [0.2, 0.25) is 15.9 Å².